The van der Waals surface area contributed by atoms with Gasteiger partial charge in [-0.2, -0.15) is 0 Å². The summed E-state index contributed by atoms with van der Waals surface area (Å²) in [6, 6.07) is 1.38. The van der Waals surface area contributed by atoms with Gasteiger partial charge in [0.2, 0.25) is 0 Å². The Morgan fingerprint density at radius 2 is 1.19 bits per heavy atom. The number of phenolic OH excluding ortho intramolecular Hbond substituents is 2. The molecular formula is C12H3Cl5O4. The molecule has 1 heterocycles. The molecule has 0 saturated heterocycles. The number of benzene rings is 2. The number of aromatic hydroxyl groups is 2. The number of hydrogen-bond acceptors (Lipinski definition) is 4. The summed E-state index contributed by atoms with van der Waals surface area (Å²) >= 11 is 29.7. The van der Waals surface area contributed by atoms with E-state index in [1.54, 1.807) is 0 Å². The van der Waals surface area contributed by atoms with E-state index in [1.165, 1.54) is 6.07 Å². The van der Waals surface area contributed by atoms with Crippen LogP contribution in [-0.4, -0.2) is 10.2 Å². The third-order valence-electron chi connectivity index (χ3n) is 2.74. The van der Waals surface area contributed by atoms with Crippen LogP contribution in [0.4, 0.5) is 0 Å². The average Bonchev–Trinajstić information content (AvgIpc) is 2.47. The van der Waals surface area contributed by atoms with Crippen molar-refractivity contribution in [3.05, 3.63) is 31.2 Å². The molecule has 0 bridgehead atoms. The first-order valence-electron chi connectivity index (χ1n) is 5.29. The minimum absolute atomic E-state index is 0.0181. The van der Waals surface area contributed by atoms with E-state index in [0.717, 1.165) is 0 Å². The van der Waals surface area contributed by atoms with Gasteiger partial charge in [0.1, 0.15) is 15.1 Å². The van der Waals surface area contributed by atoms with Gasteiger partial charge in [0.25, 0.3) is 0 Å². The van der Waals surface area contributed by atoms with Gasteiger partial charge in [0, 0.05) is 6.07 Å². The Kier molecular flexibility index (Phi) is 3.62. The molecule has 2 N–H and O–H groups in total. The highest BCUT2D eigenvalue weighted by Crippen LogP contribution is 2.60. The fraction of sp³-hybridized carbons (Fsp3) is 0. The molecule has 21 heavy (non-hydrogen) atoms. The van der Waals surface area contributed by atoms with Crippen LogP contribution in [0.25, 0.3) is 0 Å². The standard InChI is InChI=1S/C12H3Cl5O4/c13-2-1-3-10(5(15)4(2)14)21-12-7(17)9(19)8(18)6(16)11(12)20-3/h1,18-19H. The molecule has 0 unspecified atom stereocenters. The smallest absolute Gasteiger partial charge is 0.194 e. The molecule has 0 radical (unpaired) electrons. The summed E-state index contributed by atoms with van der Waals surface area (Å²) in [4.78, 5) is 0. The minimum atomic E-state index is -0.636. The molecule has 3 rings (SSSR count). The Hall–Kier alpha value is -0.910. The van der Waals surface area contributed by atoms with E-state index >= 15 is 0 Å². The highest BCUT2D eigenvalue weighted by Gasteiger charge is 2.32. The first kappa shape index (κ1) is 15.0. The lowest BCUT2D eigenvalue weighted by atomic mass is 10.2. The van der Waals surface area contributed by atoms with E-state index in [1.807, 2.05) is 0 Å². The molecule has 110 valence electrons. The fourth-order valence-electron chi connectivity index (χ4n) is 1.74. The van der Waals surface area contributed by atoms with Gasteiger partial charge in [0.05, 0.1) is 10.0 Å². The second kappa shape index (κ2) is 5.07. The van der Waals surface area contributed by atoms with Crippen LogP contribution in [0.1, 0.15) is 0 Å². The lowest BCUT2D eigenvalue weighted by Crippen LogP contribution is -2.01. The van der Waals surface area contributed by atoms with Crippen molar-refractivity contribution in [3.63, 3.8) is 0 Å². The molecular weight excluding hydrogens is 385 g/mol. The van der Waals surface area contributed by atoms with Crippen LogP contribution in [0.15, 0.2) is 6.07 Å². The molecule has 4 nitrogen and oxygen atoms in total. The lowest BCUT2D eigenvalue weighted by molar-refractivity contribution is 0.347. The fourth-order valence-corrected chi connectivity index (χ4v) is 2.79. The van der Waals surface area contributed by atoms with Gasteiger partial charge < -0.3 is 19.7 Å². The van der Waals surface area contributed by atoms with Crippen molar-refractivity contribution >= 4 is 58.0 Å². The van der Waals surface area contributed by atoms with Crippen molar-refractivity contribution in [2.24, 2.45) is 0 Å². The van der Waals surface area contributed by atoms with Gasteiger partial charge in [-0.05, 0) is 0 Å². The third-order valence-corrected chi connectivity index (χ3v) is 4.69. The number of halogens is 5. The van der Waals surface area contributed by atoms with E-state index in [2.05, 4.69) is 0 Å². The quantitative estimate of drug-likeness (QED) is 0.352. The molecule has 0 fully saturated rings. The molecule has 2 aromatic rings. The largest absolute Gasteiger partial charge is 0.503 e. The summed E-state index contributed by atoms with van der Waals surface area (Å²) in [5, 5.41) is 19.1. The molecule has 0 aliphatic carbocycles. The molecule has 0 amide bonds. The summed E-state index contributed by atoms with van der Waals surface area (Å²) < 4.78 is 11.0. The average molecular weight is 388 g/mol. The molecule has 1 aliphatic heterocycles. The number of phenols is 2. The Bertz CT molecular complexity index is 790. The normalized spacial score (nSPS) is 12.2. The van der Waals surface area contributed by atoms with E-state index < -0.39 is 11.5 Å². The first-order chi connectivity index (χ1) is 9.82. The molecule has 0 atom stereocenters. The maximum atomic E-state index is 9.68. The second-order valence-corrected chi connectivity index (χ2v) is 5.92. The van der Waals surface area contributed by atoms with Crippen LogP contribution in [0.3, 0.4) is 0 Å². The van der Waals surface area contributed by atoms with Crippen molar-refractivity contribution in [3.8, 4) is 34.5 Å². The van der Waals surface area contributed by atoms with Gasteiger partial charge in [-0.25, -0.2) is 0 Å². The van der Waals surface area contributed by atoms with E-state index in [-0.39, 0.29) is 48.1 Å². The molecule has 2 aromatic carbocycles. The van der Waals surface area contributed by atoms with Crippen LogP contribution in [0.5, 0.6) is 34.5 Å². The van der Waals surface area contributed by atoms with E-state index in [4.69, 9.17) is 67.5 Å². The predicted octanol–water partition coefficient (Wildman–Crippen LogP) is 6.26. The van der Waals surface area contributed by atoms with E-state index in [0.29, 0.717) is 0 Å². The van der Waals surface area contributed by atoms with Crippen LogP contribution in [0.2, 0.25) is 25.1 Å². The van der Waals surface area contributed by atoms with Gasteiger partial charge in [0.15, 0.2) is 34.5 Å². The Morgan fingerprint density at radius 3 is 1.76 bits per heavy atom. The zero-order valence-corrected chi connectivity index (χ0v) is 13.5. The van der Waals surface area contributed by atoms with Gasteiger partial charge in [-0.1, -0.05) is 58.0 Å². The lowest BCUT2D eigenvalue weighted by Gasteiger charge is -2.24. The topological polar surface area (TPSA) is 58.9 Å². The van der Waals surface area contributed by atoms with Crippen LogP contribution < -0.4 is 9.47 Å². The first-order valence-corrected chi connectivity index (χ1v) is 7.18. The third kappa shape index (κ3) is 2.14. The maximum absolute atomic E-state index is 9.68. The molecule has 1 aliphatic rings. The Morgan fingerprint density at radius 1 is 0.667 bits per heavy atom. The van der Waals surface area contributed by atoms with Crippen molar-refractivity contribution in [2.75, 3.05) is 0 Å². The van der Waals surface area contributed by atoms with Crippen molar-refractivity contribution in [1.29, 1.82) is 0 Å². The predicted molar refractivity (Wildman–Crippen MR) is 81.4 cm³/mol. The number of hydrogen-bond donors (Lipinski definition) is 2. The van der Waals surface area contributed by atoms with Gasteiger partial charge >= 0.3 is 0 Å². The number of fused-ring (bicyclic) bond motifs is 2. The monoisotopic (exact) mass is 386 g/mol. The second-order valence-electron chi connectivity index (χ2n) is 4.00. The maximum Gasteiger partial charge on any atom is 0.194 e. The highest BCUT2D eigenvalue weighted by atomic mass is 35.5. The summed E-state index contributed by atoms with van der Waals surface area (Å²) in [6.45, 7) is 0. The molecule has 0 spiro atoms. The van der Waals surface area contributed by atoms with Gasteiger partial charge in [-0.15, -0.1) is 0 Å². The summed E-state index contributed by atoms with van der Waals surface area (Å²) in [6.07, 6.45) is 0. The molecule has 0 saturated carbocycles. The Labute approximate surface area is 143 Å². The van der Waals surface area contributed by atoms with Gasteiger partial charge in [-0.3, -0.25) is 0 Å². The zero-order chi connectivity index (χ0) is 15.5. The van der Waals surface area contributed by atoms with Crippen molar-refractivity contribution in [2.45, 2.75) is 0 Å². The summed E-state index contributed by atoms with van der Waals surface area (Å²) in [7, 11) is 0. The summed E-state index contributed by atoms with van der Waals surface area (Å²) in [5.41, 5.74) is 0. The summed E-state index contributed by atoms with van der Waals surface area (Å²) in [5.74, 6) is -1.21. The minimum Gasteiger partial charge on any atom is -0.503 e. The van der Waals surface area contributed by atoms with Crippen molar-refractivity contribution < 1.29 is 19.7 Å². The van der Waals surface area contributed by atoms with Crippen LogP contribution in [0, 0.1) is 0 Å². The molecule has 9 heteroatoms. The van der Waals surface area contributed by atoms with Crippen molar-refractivity contribution in [1.82, 2.24) is 0 Å². The highest BCUT2D eigenvalue weighted by molar-refractivity contribution is 6.49. The van der Waals surface area contributed by atoms with Crippen LogP contribution >= 0.6 is 58.0 Å². The van der Waals surface area contributed by atoms with Crippen LogP contribution in [-0.2, 0) is 0 Å². The SMILES string of the molecule is Oc1c(O)c(Cl)c2c(c1Cl)Oc1cc(Cl)c(Cl)c(Cl)c1O2. The number of rotatable bonds is 0. The zero-order valence-electron chi connectivity index (χ0n) is 9.68. The Balaban J connectivity index is 2.27. The van der Waals surface area contributed by atoms with E-state index in [9.17, 15) is 10.2 Å². The molecule has 0 aromatic heterocycles. The number of ether oxygens (including phenoxy) is 2.